The van der Waals surface area contributed by atoms with E-state index in [9.17, 15) is 22.9 Å². The van der Waals surface area contributed by atoms with Gasteiger partial charge in [0.15, 0.2) is 5.03 Å². The van der Waals surface area contributed by atoms with E-state index in [0.717, 1.165) is 10.00 Å². The number of rotatable bonds is 7. The lowest BCUT2D eigenvalue weighted by molar-refractivity contribution is -0.123. The van der Waals surface area contributed by atoms with E-state index in [0.29, 0.717) is 16.8 Å². The van der Waals surface area contributed by atoms with Crippen LogP contribution >= 0.6 is 0 Å². The molecule has 1 unspecified atom stereocenters. The molecule has 1 amide bonds. The number of imidazole rings is 2. The molecule has 4 aromatic rings. The summed E-state index contributed by atoms with van der Waals surface area (Å²) in [6.45, 7) is -0.253. The SMILES string of the molecule is Cn1cnc(S(=O)(=O)N(Cc2ccccc2F)C2Cc3cc(C#N)ccc3N(Cc3cncn3C)C2=O)c1. The monoisotopic (exact) mass is 533 g/mol. The van der Waals surface area contributed by atoms with Crippen LogP contribution in [0.3, 0.4) is 0 Å². The molecule has 10 nitrogen and oxygen atoms in total. The van der Waals surface area contributed by atoms with Crippen molar-refractivity contribution < 1.29 is 17.6 Å². The first-order valence-electron chi connectivity index (χ1n) is 11.7. The van der Waals surface area contributed by atoms with Gasteiger partial charge in [0.25, 0.3) is 10.0 Å². The summed E-state index contributed by atoms with van der Waals surface area (Å²) in [6.07, 6.45) is 5.93. The number of sulfonamides is 1. The number of aromatic nitrogens is 4. The molecule has 1 atom stereocenters. The number of benzene rings is 2. The maximum absolute atomic E-state index is 14.7. The molecule has 2 aromatic heterocycles. The van der Waals surface area contributed by atoms with Crippen LogP contribution in [-0.2, 0) is 48.4 Å². The van der Waals surface area contributed by atoms with Crippen LogP contribution in [0.5, 0.6) is 0 Å². The first kappa shape index (κ1) is 25.3. The fraction of sp³-hybridized carbons (Fsp3) is 0.231. The molecule has 12 heteroatoms. The van der Waals surface area contributed by atoms with Crippen molar-refractivity contribution in [3.05, 3.63) is 95.7 Å². The molecule has 0 N–H and O–H groups in total. The maximum Gasteiger partial charge on any atom is 0.263 e. The average molecular weight is 534 g/mol. The number of amides is 1. The van der Waals surface area contributed by atoms with Crippen LogP contribution in [-0.4, -0.2) is 43.8 Å². The lowest BCUT2D eigenvalue weighted by atomic mass is 9.95. The zero-order chi connectivity index (χ0) is 27.0. The number of hydrogen-bond donors (Lipinski definition) is 0. The van der Waals surface area contributed by atoms with Crippen molar-refractivity contribution in [2.24, 2.45) is 14.1 Å². The zero-order valence-electron chi connectivity index (χ0n) is 20.7. The second-order valence-electron chi connectivity index (χ2n) is 9.11. The van der Waals surface area contributed by atoms with Crippen LogP contribution in [0, 0.1) is 17.1 Å². The number of carbonyl (C=O) groups excluding carboxylic acids is 1. The summed E-state index contributed by atoms with van der Waals surface area (Å²) >= 11 is 0. The Morgan fingerprint density at radius 2 is 1.97 bits per heavy atom. The van der Waals surface area contributed by atoms with Gasteiger partial charge in [-0.25, -0.2) is 22.8 Å². The Morgan fingerprint density at radius 3 is 2.63 bits per heavy atom. The number of nitriles is 1. The predicted molar refractivity (Wildman–Crippen MR) is 135 cm³/mol. The van der Waals surface area contributed by atoms with E-state index in [-0.39, 0.29) is 30.1 Å². The number of fused-ring (bicyclic) bond motifs is 1. The van der Waals surface area contributed by atoms with Crippen molar-refractivity contribution in [1.82, 2.24) is 23.4 Å². The fourth-order valence-corrected chi connectivity index (χ4v) is 6.09. The summed E-state index contributed by atoms with van der Waals surface area (Å²) < 4.78 is 46.8. The van der Waals surface area contributed by atoms with Crippen LogP contribution in [0.4, 0.5) is 10.1 Å². The Kier molecular flexibility index (Phi) is 6.56. The van der Waals surface area contributed by atoms with Crippen molar-refractivity contribution in [3.63, 3.8) is 0 Å². The Bertz CT molecular complexity index is 1670. The van der Waals surface area contributed by atoms with Gasteiger partial charge in [0.05, 0.1) is 36.5 Å². The zero-order valence-corrected chi connectivity index (χ0v) is 21.5. The minimum Gasteiger partial charge on any atom is -0.339 e. The third-order valence-corrected chi connectivity index (χ3v) is 8.33. The van der Waals surface area contributed by atoms with Gasteiger partial charge in [0, 0.05) is 50.7 Å². The smallest absolute Gasteiger partial charge is 0.263 e. The second kappa shape index (κ2) is 9.85. The molecule has 0 radical (unpaired) electrons. The Labute approximate surface area is 219 Å². The van der Waals surface area contributed by atoms with E-state index >= 15 is 0 Å². The number of aryl methyl sites for hydroxylation is 2. The van der Waals surface area contributed by atoms with Crippen LogP contribution < -0.4 is 4.90 Å². The van der Waals surface area contributed by atoms with Gasteiger partial charge in [-0.3, -0.25) is 4.79 Å². The highest BCUT2D eigenvalue weighted by Gasteiger charge is 2.43. The van der Waals surface area contributed by atoms with Gasteiger partial charge >= 0.3 is 0 Å². The molecular formula is C26H24FN7O3S. The van der Waals surface area contributed by atoms with Crippen LogP contribution in [0.2, 0.25) is 0 Å². The van der Waals surface area contributed by atoms with E-state index < -0.39 is 27.8 Å². The Balaban J connectivity index is 1.64. The molecule has 194 valence electrons. The van der Waals surface area contributed by atoms with E-state index in [4.69, 9.17) is 0 Å². The number of hydrogen-bond acceptors (Lipinski definition) is 6. The molecule has 0 aliphatic carbocycles. The van der Waals surface area contributed by atoms with Crippen molar-refractivity contribution in [1.29, 1.82) is 5.26 Å². The summed E-state index contributed by atoms with van der Waals surface area (Å²) in [7, 11) is -0.906. The third kappa shape index (κ3) is 4.57. The summed E-state index contributed by atoms with van der Waals surface area (Å²) in [5, 5.41) is 9.23. The molecule has 0 saturated carbocycles. The predicted octanol–water partition coefficient (Wildman–Crippen LogP) is 2.51. The largest absolute Gasteiger partial charge is 0.339 e. The normalized spacial score (nSPS) is 15.5. The van der Waals surface area contributed by atoms with E-state index in [2.05, 4.69) is 16.0 Å². The number of carbonyl (C=O) groups is 1. The third-order valence-electron chi connectivity index (χ3n) is 6.59. The average Bonchev–Trinajstić information content (AvgIpc) is 3.53. The number of nitrogens with zero attached hydrogens (tertiary/aromatic N) is 7. The highest BCUT2D eigenvalue weighted by molar-refractivity contribution is 7.89. The molecule has 5 rings (SSSR count). The van der Waals surface area contributed by atoms with Gasteiger partial charge in [-0.05, 0) is 29.8 Å². The summed E-state index contributed by atoms with van der Waals surface area (Å²) in [4.78, 5) is 23.7. The molecule has 0 bridgehead atoms. The highest BCUT2D eigenvalue weighted by atomic mass is 32.2. The summed E-state index contributed by atoms with van der Waals surface area (Å²) in [5.41, 5.74) is 2.43. The van der Waals surface area contributed by atoms with Gasteiger partial charge < -0.3 is 14.0 Å². The fourth-order valence-electron chi connectivity index (χ4n) is 4.56. The Hall–Kier alpha value is -4.34. The number of anilines is 1. The first-order valence-corrected chi connectivity index (χ1v) is 13.2. The molecular weight excluding hydrogens is 509 g/mol. The minimum absolute atomic E-state index is 0.00604. The number of halogens is 1. The van der Waals surface area contributed by atoms with Gasteiger partial charge in [0.2, 0.25) is 5.91 Å². The van der Waals surface area contributed by atoms with Gasteiger partial charge in [-0.2, -0.15) is 9.57 Å². The molecule has 38 heavy (non-hydrogen) atoms. The molecule has 0 saturated heterocycles. The van der Waals surface area contributed by atoms with Crippen LogP contribution in [0.1, 0.15) is 22.4 Å². The second-order valence-corrected chi connectivity index (χ2v) is 11.0. The lowest BCUT2D eigenvalue weighted by Gasteiger charge is -2.38. The summed E-state index contributed by atoms with van der Waals surface area (Å²) in [6, 6.07) is 11.7. The van der Waals surface area contributed by atoms with Crippen molar-refractivity contribution in [3.8, 4) is 6.07 Å². The van der Waals surface area contributed by atoms with Crippen molar-refractivity contribution >= 4 is 21.6 Å². The standard InChI is InChI=1S/C26H24FN7O3S/c1-31-15-25(30-17-31)38(36,37)34(13-19-5-3-4-6-22(19)27)24-10-20-9-18(11-28)7-8-23(20)33(26(24)35)14-21-12-29-16-32(21)2/h3-9,12,15-17,24H,10,13-14H2,1-2H3. The van der Waals surface area contributed by atoms with E-state index in [1.54, 1.807) is 55.5 Å². The van der Waals surface area contributed by atoms with Gasteiger partial charge in [-0.15, -0.1) is 0 Å². The van der Waals surface area contributed by atoms with Crippen molar-refractivity contribution in [2.45, 2.75) is 30.6 Å². The molecule has 0 spiro atoms. The minimum atomic E-state index is -4.33. The highest BCUT2D eigenvalue weighted by Crippen LogP contribution is 2.34. The van der Waals surface area contributed by atoms with Crippen molar-refractivity contribution in [2.75, 3.05) is 4.90 Å². The van der Waals surface area contributed by atoms with E-state index in [1.807, 2.05) is 0 Å². The van der Waals surface area contributed by atoms with Crippen LogP contribution in [0.25, 0.3) is 0 Å². The van der Waals surface area contributed by atoms with Gasteiger partial charge in [-0.1, -0.05) is 18.2 Å². The topological polar surface area (TPSA) is 117 Å². The quantitative estimate of drug-likeness (QED) is 0.360. The molecule has 3 heterocycles. The van der Waals surface area contributed by atoms with Crippen LogP contribution in [0.15, 0.2) is 72.5 Å². The maximum atomic E-state index is 14.7. The van der Waals surface area contributed by atoms with Gasteiger partial charge in [0.1, 0.15) is 11.9 Å². The first-order chi connectivity index (χ1) is 18.2. The van der Waals surface area contributed by atoms with E-state index in [1.165, 1.54) is 40.2 Å². The molecule has 2 aromatic carbocycles. The lowest BCUT2D eigenvalue weighted by Crippen LogP contribution is -2.54. The summed E-state index contributed by atoms with van der Waals surface area (Å²) in [5.74, 6) is -1.06. The molecule has 1 aliphatic heterocycles. The molecule has 1 aliphatic rings. The molecule has 0 fully saturated rings. The Morgan fingerprint density at radius 1 is 1.18 bits per heavy atom.